The molecule has 0 unspecified atom stereocenters. The number of phenolic OH excluding ortho intramolecular Hbond substituents is 1. The van der Waals surface area contributed by atoms with Gasteiger partial charge < -0.3 is 15.5 Å². The Morgan fingerprint density at radius 1 is 1.53 bits per heavy atom. The van der Waals surface area contributed by atoms with E-state index in [2.05, 4.69) is 5.32 Å². The number of hydrogen-bond acceptors (Lipinski definition) is 3. The lowest BCUT2D eigenvalue weighted by Gasteiger charge is -2.21. The fourth-order valence-corrected chi connectivity index (χ4v) is 1.46. The summed E-state index contributed by atoms with van der Waals surface area (Å²) >= 11 is 0. The van der Waals surface area contributed by atoms with Crippen LogP contribution in [0.2, 0.25) is 0 Å². The van der Waals surface area contributed by atoms with Crippen LogP contribution in [0.15, 0.2) is 18.2 Å². The minimum Gasteiger partial charge on any atom is -0.508 e. The van der Waals surface area contributed by atoms with Crippen LogP contribution in [0.4, 0.5) is 10.1 Å². The van der Waals surface area contributed by atoms with E-state index >= 15 is 0 Å². The third-order valence-corrected chi connectivity index (χ3v) is 2.43. The van der Waals surface area contributed by atoms with Gasteiger partial charge in [0, 0.05) is 6.07 Å². The number of aromatic hydroxyl groups is 1. The topological polar surface area (TPSA) is 69.6 Å². The molecule has 17 heavy (non-hydrogen) atoms. The minimum absolute atomic E-state index is 0.0656. The number of halogens is 1. The van der Waals surface area contributed by atoms with Gasteiger partial charge in [-0.2, -0.15) is 0 Å². The summed E-state index contributed by atoms with van der Waals surface area (Å²) in [6.07, 6.45) is 0.928. The molecule has 0 aliphatic heterocycles. The molecule has 0 bridgehead atoms. The van der Waals surface area contributed by atoms with Crippen LogP contribution in [-0.4, -0.2) is 21.7 Å². The van der Waals surface area contributed by atoms with E-state index in [0.717, 1.165) is 6.07 Å². The number of carbonyl (C=O) groups excluding carboxylic acids is 1. The van der Waals surface area contributed by atoms with Gasteiger partial charge in [0.2, 0.25) is 0 Å². The van der Waals surface area contributed by atoms with Gasteiger partial charge in [0.05, 0.1) is 5.69 Å². The molecule has 4 nitrogen and oxygen atoms in total. The van der Waals surface area contributed by atoms with Gasteiger partial charge in [-0.15, -0.1) is 0 Å². The van der Waals surface area contributed by atoms with Crippen molar-refractivity contribution in [3.05, 3.63) is 24.0 Å². The van der Waals surface area contributed by atoms with Crippen molar-refractivity contribution in [3.8, 4) is 5.75 Å². The summed E-state index contributed by atoms with van der Waals surface area (Å²) in [5.41, 5.74) is -1.59. The van der Waals surface area contributed by atoms with Gasteiger partial charge in [-0.1, -0.05) is 13.3 Å². The quantitative estimate of drug-likeness (QED) is 0.706. The highest BCUT2D eigenvalue weighted by atomic mass is 19.1. The fourth-order valence-electron chi connectivity index (χ4n) is 1.46. The van der Waals surface area contributed by atoms with Crippen LogP contribution < -0.4 is 5.32 Å². The minimum atomic E-state index is -1.53. The fraction of sp³-hybridized carbons (Fsp3) is 0.417. The molecule has 0 saturated heterocycles. The normalized spacial score (nSPS) is 14.1. The van der Waals surface area contributed by atoms with Crippen molar-refractivity contribution < 1.29 is 19.4 Å². The molecule has 0 fully saturated rings. The highest BCUT2D eigenvalue weighted by Gasteiger charge is 2.29. The Hall–Kier alpha value is -1.62. The highest BCUT2D eigenvalue weighted by molar-refractivity contribution is 5.96. The molecule has 5 heteroatoms. The molecule has 0 aliphatic rings. The van der Waals surface area contributed by atoms with Crippen LogP contribution in [-0.2, 0) is 4.79 Å². The van der Waals surface area contributed by atoms with E-state index in [1.807, 2.05) is 6.92 Å². The third-order valence-electron chi connectivity index (χ3n) is 2.43. The van der Waals surface area contributed by atoms with E-state index in [9.17, 15) is 14.3 Å². The van der Waals surface area contributed by atoms with Crippen LogP contribution in [0.1, 0.15) is 26.7 Å². The molecule has 0 aliphatic carbocycles. The number of nitrogens with one attached hydrogen (secondary N) is 1. The third kappa shape index (κ3) is 3.42. The van der Waals surface area contributed by atoms with Crippen molar-refractivity contribution in [1.82, 2.24) is 0 Å². The van der Waals surface area contributed by atoms with Gasteiger partial charge in [-0.25, -0.2) is 4.39 Å². The summed E-state index contributed by atoms with van der Waals surface area (Å²) in [5, 5.41) is 21.1. The summed E-state index contributed by atoms with van der Waals surface area (Å²) in [7, 11) is 0. The first-order valence-electron chi connectivity index (χ1n) is 5.39. The molecule has 3 N–H and O–H groups in total. The summed E-state index contributed by atoms with van der Waals surface area (Å²) < 4.78 is 13.3. The zero-order valence-electron chi connectivity index (χ0n) is 9.83. The summed E-state index contributed by atoms with van der Waals surface area (Å²) in [5.74, 6) is -1.63. The molecule has 1 amide bonds. The lowest BCUT2D eigenvalue weighted by Crippen LogP contribution is -2.39. The molecular weight excluding hydrogens is 225 g/mol. The van der Waals surface area contributed by atoms with E-state index < -0.39 is 17.3 Å². The Labute approximate surface area is 99.1 Å². The van der Waals surface area contributed by atoms with E-state index in [4.69, 9.17) is 5.11 Å². The van der Waals surface area contributed by atoms with Crippen LogP contribution >= 0.6 is 0 Å². The van der Waals surface area contributed by atoms with E-state index in [0.29, 0.717) is 12.8 Å². The monoisotopic (exact) mass is 241 g/mol. The first kappa shape index (κ1) is 13.4. The van der Waals surface area contributed by atoms with Gasteiger partial charge in [-0.05, 0) is 25.5 Å². The molecule has 1 atom stereocenters. The number of phenols is 1. The van der Waals surface area contributed by atoms with Gasteiger partial charge in [0.25, 0.3) is 5.91 Å². The van der Waals surface area contributed by atoms with Crippen molar-refractivity contribution in [2.75, 3.05) is 5.32 Å². The van der Waals surface area contributed by atoms with Crippen molar-refractivity contribution in [2.45, 2.75) is 32.3 Å². The number of anilines is 1. The number of hydrogen-bond donors (Lipinski definition) is 3. The number of carbonyl (C=O) groups is 1. The lowest BCUT2D eigenvalue weighted by atomic mass is 9.99. The van der Waals surface area contributed by atoms with Crippen molar-refractivity contribution in [3.63, 3.8) is 0 Å². The zero-order valence-corrected chi connectivity index (χ0v) is 9.83. The Kier molecular flexibility index (Phi) is 4.07. The second-order valence-corrected chi connectivity index (χ2v) is 4.14. The van der Waals surface area contributed by atoms with Gasteiger partial charge in [0.1, 0.15) is 17.2 Å². The standard InChI is InChI=1S/C12H16FNO3/c1-3-6-12(2,17)11(16)14-10-5-4-8(15)7-9(10)13/h4-5,7,15,17H,3,6H2,1-2H3,(H,14,16)/t12-/m0/s1. The molecule has 1 rings (SSSR count). The van der Waals surface area contributed by atoms with Gasteiger partial charge in [0.15, 0.2) is 0 Å². The summed E-state index contributed by atoms with van der Waals surface area (Å²) in [6, 6.07) is 3.39. The molecular formula is C12H16FNO3. The predicted molar refractivity (Wildman–Crippen MR) is 62.2 cm³/mol. The Morgan fingerprint density at radius 3 is 2.71 bits per heavy atom. The van der Waals surface area contributed by atoms with E-state index in [-0.39, 0.29) is 11.4 Å². The first-order valence-corrected chi connectivity index (χ1v) is 5.39. The average Bonchev–Trinajstić information content (AvgIpc) is 2.22. The van der Waals surface area contributed by atoms with Gasteiger partial charge >= 0.3 is 0 Å². The van der Waals surface area contributed by atoms with Gasteiger partial charge in [-0.3, -0.25) is 4.79 Å². The van der Waals surface area contributed by atoms with Crippen molar-refractivity contribution in [1.29, 1.82) is 0 Å². The summed E-state index contributed by atoms with van der Waals surface area (Å²) in [6.45, 7) is 3.22. The molecule has 1 aromatic carbocycles. The summed E-state index contributed by atoms with van der Waals surface area (Å²) in [4.78, 5) is 11.7. The molecule has 0 aromatic heterocycles. The molecule has 0 saturated carbocycles. The van der Waals surface area contributed by atoms with Crippen LogP contribution in [0.25, 0.3) is 0 Å². The first-order chi connectivity index (χ1) is 7.86. The van der Waals surface area contributed by atoms with Crippen molar-refractivity contribution >= 4 is 11.6 Å². The molecule has 94 valence electrons. The predicted octanol–water partition coefficient (Wildman–Crippen LogP) is 2.02. The second-order valence-electron chi connectivity index (χ2n) is 4.14. The maximum Gasteiger partial charge on any atom is 0.256 e. The Morgan fingerprint density at radius 2 is 2.18 bits per heavy atom. The smallest absolute Gasteiger partial charge is 0.256 e. The van der Waals surface area contributed by atoms with E-state index in [1.165, 1.54) is 19.1 Å². The van der Waals surface area contributed by atoms with E-state index in [1.54, 1.807) is 0 Å². The maximum atomic E-state index is 13.3. The average molecular weight is 241 g/mol. The molecule has 1 aromatic rings. The maximum absolute atomic E-state index is 13.3. The Bertz CT molecular complexity index is 418. The van der Waals surface area contributed by atoms with Crippen LogP contribution in [0.3, 0.4) is 0 Å². The lowest BCUT2D eigenvalue weighted by molar-refractivity contribution is -0.133. The number of benzene rings is 1. The SMILES string of the molecule is CCC[C@](C)(O)C(=O)Nc1ccc(O)cc1F. The van der Waals surface area contributed by atoms with Crippen LogP contribution in [0.5, 0.6) is 5.75 Å². The zero-order chi connectivity index (χ0) is 13.1. The second kappa shape index (κ2) is 5.14. The van der Waals surface area contributed by atoms with Crippen LogP contribution in [0, 0.1) is 5.82 Å². The number of rotatable bonds is 4. The molecule has 0 heterocycles. The van der Waals surface area contributed by atoms with Crippen molar-refractivity contribution in [2.24, 2.45) is 0 Å². The molecule has 0 spiro atoms. The largest absolute Gasteiger partial charge is 0.508 e. The Balaban J connectivity index is 2.81. The number of aliphatic hydroxyl groups is 1. The highest BCUT2D eigenvalue weighted by Crippen LogP contribution is 2.21. The molecule has 0 radical (unpaired) electrons. The number of amides is 1.